The lowest BCUT2D eigenvalue weighted by Gasteiger charge is -2.27. The number of benzene rings is 1. The first kappa shape index (κ1) is 13.2. The van der Waals surface area contributed by atoms with Gasteiger partial charge in [0.2, 0.25) is 5.91 Å². The van der Waals surface area contributed by atoms with Gasteiger partial charge in [0, 0.05) is 23.7 Å². The number of hydrogen-bond donors (Lipinski definition) is 3. The van der Waals surface area contributed by atoms with E-state index in [1.54, 1.807) is 12.1 Å². The van der Waals surface area contributed by atoms with Gasteiger partial charge in [-0.3, -0.25) is 4.79 Å². The van der Waals surface area contributed by atoms with Crippen LogP contribution in [0.15, 0.2) is 12.1 Å². The summed E-state index contributed by atoms with van der Waals surface area (Å²) in [5.74, 6) is 0.212. The van der Waals surface area contributed by atoms with E-state index >= 15 is 0 Å². The van der Waals surface area contributed by atoms with Crippen LogP contribution >= 0.6 is 11.6 Å². The molecule has 98 valence electrons. The third-order valence-corrected chi connectivity index (χ3v) is 3.69. The molecule has 0 unspecified atom stereocenters. The molecule has 1 aliphatic heterocycles. The fourth-order valence-electron chi connectivity index (χ4n) is 1.91. The number of phenolic OH excluding ortho intramolecular Hbond substituents is 1. The lowest BCUT2D eigenvalue weighted by Crippen LogP contribution is -2.51. The molecule has 1 aromatic carbocycles. The van der Waals surface area contributed by atoms with Crippen molar-refractivity contribution in [3.63, 3.8) is 0 Å². The molecule has 0 spiro atoms. The topological polar surface area (TPSA) is 61.4 Å². The molecule has 0 aliphatic carbocycles. The van der Waals surface area contributed by atoms with Crippen LogP contribution in [-0.2, 0) is 4.79 Å². The van der Waals surface area contributed by atoms with Crippen molar-refractivity contribution in [3.05, 3.63) is 28.3 Å². The average Bonchev–Trinajstić information content (AvgIpc) is 2.20. The minimum absolute atomic E-state index is 0.0114. The molecule has 1 saturated heterocycles. The number of amides is 1. The molecule has 0 aromatic heterocycles. The average molecular weight is 269 g/mol. The standard InChI is InChI=1S/C13H17ClN2O2/c1-7-3-12(17)10(4-11(7)14)8(2)16-13(18)9-5-15-6-9/h3-4,8-9,15,17H,5-6H2,1-2H3,(H,16,18)/t8-/m0/s1. The number of carbonyl (C=O) groups is 1. The van der Waals surface area contributed by atoms with E-state index in [4.69, 9.17) is 11.6 Å². The molecular formula is C13H17ClN2O2. The van der Waals surface area contributed by atoms with E-state index in [0.717, 1.165) is 18.7 Å². The van der Waals surface area contributed by atoms with Gasteiger partial charge in [0.1, 0.15) is 5.75 Å². The van der Waals surface area contributed by atoms with Crippen molar-refractivity contribution in [1.82, 2.24) is 10.6 Å². The maximum atomic E-state index is 11.8. The van der Waals surface area contributed by atoms with Gasteiger partial charge in [-0.25, -0.2) is 0 Å². The molecule has 0 saturated carbocycles. The van der Waals surface area contributed by atoms with E-state index < -0.39 is 0 Å². The van der Waals surface area contributed by atoms with E-state index in [1.165, 1.54) is 0 Å². The minimum atomic E-state index is -0.254. The van der Waals surface area contributed by atoms with Crippen LogP contribution in [0.4, 0.5) is 0 Å². The number of hydrogen-bond acceptors (Lipinski definition) is 3. The van der Waals surface area contributed by atoms with Crippen molar-refractivity contribution in [2.75, 3.05) is 13.1 Å². The lowest BCUT2D eigenvalue weighted by atomic mass is 10.0. The molecule has 1 fully saturated rings. The lowest BCUT2D eigenvalue weighted by molar-refractivity contribution is -0.127. The van der Waals surface area contributed by atoms with Gasteiger partial charge in [-0.15, -0.1) is 0 Å². The summed E-state index contributed by atoms with van der Waals surface area (Å²) in [4.78, 5) is 11.8. The number of phenols is 1. The Balaban J connectivity index is 2.10. The minimum Gasteiger partial charge on any atom is -0.508 e. The van der Waals surface area contributed by atoms with E-state index in [-0.39, 0.29) is 23.6 Å². The SMILES string of the molecule is Cc1cc(O)c([C@H](C)NC(=O)C2CNC2)cc1Cl. The molecule has 1 aromatic rings. The highest BCUT2D eigenvalue weighted by Gasteiger charge is 2.26. The Morgan fingerprint density at radius 2 is 2.22 bits per heavy atom. The Morgan fingerprint density at radius 1 is 1.56 bits per heavy atom. The number of halogens is 1. The number of carbonyl (C=O) groups excluding carboxylic acids is 1. The summed E-state index contributed by atoms with van der Waals surface area (Å²) in [6.45, 7) is 5.11. The summed E-state index contributed by atoms with van der Waals surface area (Å²) in [5.41, 5.74) is 1.46. The fraction of sp³-hybridized carbons (Fsp3) is 0.462. The van der Waals surface area contributed by atoms with Crippen molar-refractivity contribution in [1.29, 1.82) is 0 Å². The normalized spacial score (nSPS) is 17.1. The number of rotatable bonds is 3. The van der Waals surface area contributed by atoms with Crippen LogP contribution in [0.3, 0.4) is 0 Å². The quantitative estimate of drug-likeness (QED) is 0.783. The van der Waals surface area contributed by atoms with Crippen molar-refractivity contribution in [3.8, 4) is 5.75 Å². The third kappa shape index (κ3) is 2.60. The fourth-order valence-corrected chi connectivity index (χ4v) is 2.08. The van der Waals surface area contributed by atoms with Crippen LogP contribution in [0, 0.1) is 12.8 Å². The summed E-state index contributed by atoms with van der Waals surface area (Å²) in [5, 5.41) is 16.4. The van der Waals surface area contributed by atoms with Crippen molar-refractivity contribution < 1.29 is 9.90 Å². The van der Waals surface area contributed by atoms with E-state index in [1.807, 2.05) is 13.8 Å². The Kier molecular flexibility index (Phi) is 3.78. The molecular weight excluding hydrogens is 252 g/mol. The summed E-state index contributed by atoms with van der Waals surface area (Å²) in [6, 6.07) is 3.07. The third-order valence-electron chi connectivity index (χ3n) is 3.29. The number of aromatic hydroxyl groups is 1. The molecule has 4 nitrogen and oxygen atoms in total. The maximum Gasteiger partial charge on any atom is 0.226 e. The van der Waals surface area contributed by atoms with Crippen LogP contribution in [0.5, 0.6) is 5.75 Å². The second-order valence-electron chi connectivity index (χ2n) is 4.75. The highest BCUT2D eigenvalue weighted by atomic mass is 35.5. The Bertz CT molecular complexity index is 472. The molecule has 18 heavy (non-hydrogen) atoms. The van der Waals surface area contributed by atoms with Crippen molar-refractivity contribution in [2.45, 2.75) is 19.9 Å². The Hall–Kier alpha value is -1.26. The molecule has 5 heteroatoms. The van der Waals surface area contributed by atoms with Crippen LogP contribution < -0.4 is 10.6 Å². The summed E-state index contributed by atoms with van der Waals surface area (Å²) in [7, 11) is 0. The highest BCUT2D eigenvalue weighted by Crippen LogP contribution is 2.30. The van der Waals surface area contributed by atoms with E-state index in [9.17, 15) is 9.90 Å². The summed E-state index contributed by atoms with van der Waals surface area (Å²) >= 11 is 6.03. The van der Waals surface area contributed by atoms with Crippen LogP contribution in [0.25, 0.3) is 0 Å². The van der Waals surface area contributed by atoms with Gasteiger partial charge in [0.25, 0.3) is 0 Å². The van der Waals surface area contributed by atoms with Gasteiger partial charge in [-0.2, -0.15) is 0 Å². The summed E-state index contributed by atoms with van der Waals surface area (Å²) in [6.07, 6.45) is 0. The molecule has 3 N–H and O–H groups in total. The first-order chi connectivity index (χ1) is 8.49. The first-order valence-corrected chi connectivity index (χ1v) is 6.37. The molecule has 1 amide bonds. The van der Waals surface area contributed by atoms with Gasteiger partial charge in [0.05, 0.1) is 12.0 Å². The van der Waals surface area contributed by atoms with Crippen LogP contribution in [0.2, 0.25) is 5.02 Å². The maximum absolute atomic E-state index is 11.8. The second-order valence-corrected chi connectivity index (χ2v) is 5.15. The second kappa shape index (κ2) is 5.16. The predicted octanol–water partition coefficient (Wildman–Crippen LogP) is 1.75. The molecule has 0 radical (unpaired) electrons. The van der Waals surface area contributed by atoms with Gasteiger partial charge < -0.3 is 15.7 Å². The molecule has 2 rings (SSSR count). The largest absolute Gasteiger partial charge is 0.508 e. The zero-order chi connectivity index (χ0) is 13.3. The zero-order valence-corrected chi connectivity index (χ0v) is 11.2. The van der Waals surface area contributed by atoms with Crippen molar-refractivity contribution in [2.24, 2.45) is 5.92 Å². The molecule has 1 aliphatic rings. The van der Waals surface area contributed by atoms with Gasteiger partial charge in [-0.05, 0) is 31.5 Å². The van der Waals surface area contributed by atoms with Gasteiger partial charge >= 0.3 is 0 Å². The van der Waals surface area contributed by atoms with Gasteiger partial charge in [-0.1, -0.05) is 11.6 Å². The van der Waals surface area contributed by atoms with Crippen molar-refractivity contribution >= 4 is 17.5 Å². The highest BCUT2D eigenvalue weighted by molar-refractivity contribution is 6.31. The molecule has 0 bridgehead atoms. The van der Waals surface area contributed by atoms with E-state index in [0.29, 0.717) is 10.6 Å². The predicted molar refractivity (Wildman–Crippen MR) is 70.8 cm³/mol. The van der Waals surface area contributed by atoms with E-state index in [2.05, 4.69) is 10.6 Å². The zero-order valence-electron chi connectivity index (χ0n) is 10.5. The van der Waals surface area contributed by atoms with Crippen LogP contribution in [-0.4, -0.2) is 24.1 Å². The Morgan fingerprint density at radius 3 is 2.78 bits per heavy atom. The van der Waals surface area contributed by atoms with Gasteiger partial charge in [0.15, 0.2) is 0 Å². The molecule has 1 atom stereocenters. The Labute approximate surface area is 111 Å². The molecule has 1 heterocycles. The monoisotopic (exact) mass is 268 g/mol. The number of aryl methyl sites for hydroxylation is 1. The van der Waals surface area contributed by atoms with Crippen LogP contribution in [0.1, 0.15) is 24.1 Å². The first-order valence-electron chi connectivity index (χ1n) is 5.99. The smallest absolute Gasteiger partial charge is 0.226 e. The summed E-state index contributed by atoms with van der Waals surface area (Å²) < 4.78 is 0. The number of nitrogens with one attached hydrogen (secondary N) is 2.